The molecule has 0 N–H and O–H groups in total. The maximum absolute atomic E-state index is 13.0. The van der Waals surface area contributed by atoms with Crippen molar-refractivity contribution in [1.29, 1.82) is 0 Å². The van der Waals surface area contributed by atoms with Crippen LogP contribution in [0.25, 0.3) is 11.1 Å². The predicted molar refractivity (Wildman–Crippen MR) is 101 cm³/mol. The number of carbonyl (C=O) groups excluding carboxylic acids is 2. The zero-order chi connectivity index (χ0) is 18.8. The molecule has 0 saturated heterocycles. The first-order valence-corrected chi connectivity index (χ1v) is 8.80. The Hall–Kier alpha value is -3.40. The molecule has 3 aromatic rings. The zero-order valence-corrected chi connectivity index (χ0v) is 14.8. The molecule has 0 aromatic heterocycles. The molecule has 3 aromatic carbocycles. The van der Waals surface area contributed by atoms with Gasteiger partial charge < -0.3 is 9.47 Å². The van der Waals surface area contributed by atoms with E-state index in [0.717, 1.165) is 5.56 Å². The highest BCUT2D eigenvalue weighted by atomic mass is 16.6. The molecular formula is C23H18O4. The number of benzene rings is 3. The molecule has 0 unspecified atom stereocenters. The molecule has 0 fully saturated rings. The number of esters is 2. The van der Waals surface area contributed by atoms with Crippen molar-refractivity contribution in [2.24, 2.45) is 0 Å². The van der Waals surface area contributed by atoms with Crippen molar-refractivity contribution in [1.82, 2.24) is 0 Å². The molecule has 1 aliphatic heterocycles. The number of carbonyl (C=O) groups is 2. The fourth-order valence-electron chi connectivity index (χ4n) is 3.34. The van der Waals surface area contributed by atoms with Crippen LogP contribution in [0.3, 0.4) is 0 Å². The van der Waals surface area contributed by atoms with Gasteiger partial charge in [0.25, 0.3) is 0 Å². The molecule has 0 spiro atoms. The van der Waals surface area contributed by atoms with Crippen LogP contribution in [0.4, 0.5) is 0 Å². The van der Waals surface area contributed by atoms with Gasteiger partial charge in [-0.05, 0) is 35.7 Å². The molecule has 2 atom stereocenters. The summed E-state index contributed by atoms with van der Waals surface area (Å²) in [4.78, 5) is 25.8. The summed E-state index contributed by atoms with van der Waals surface area (Å²) in [5.41, 5.74) is 2.93. The minimum absolute atomic E-state index is 0.424. The lowest BCUT2D eigenvalue weighted by Gasteiger charge is -2.27. The van der Waals surface area contributed by atoms with Gasteiger partial charge in [0.05, 0.1) is 11.1 Å². The third-order valence-electron chi connectivity index (χ3n) is 4.67. The van der Waals surface area contributed by atoms with Crippen LogP contribution >= 0.6 is 0 Å². The van der Waals surface area contributed by atoms with Crippen molar-refractivity contribution in [3.8, 4) is 11.1 Å². The van der Waals surface area contributed by atoms with E-state index in [0.29, 0.717) is 22.3 Å². The third kappa shape index (κ3) is 3.22. The highest BCUT2D eigenvalue weighted by molar-refractivity contribution is 6.03. The van der Waals surface area contributed by atoms with Crippen molar-refractivity contribution in [3.63, 3.8) is 0 Å². The van der Waals surface area contributed by atoms with Crippen molar-refractivity contribution in [3.05, 3.63) is 95.6 Å². The average molecular weight is 358 g/mol. The van der Waals surface area contributed by atoms with E-state index in [9.17, 15) is 9.59 Å². The summed E-state index contributed by atoms with van der Waals surface area (Å²) >= 11 is 0. The highest BCUT2D eigenvalue weighted by Crippen LogP contribution is 2.33. The van der Waals surface area contributed by atoms with Gasteiger partial charge in [0.1, 0.15) is 6.10 Å². The van der Waals surface area contributed by atoms with Crippen LogP contribution in [0.5, 0.6) is 0 Å². The van der Waals surface area contributed by atoms with E-state index in [1.54, 1.807) is 31.2 Å². The lowest BCUT2D eigenvalue weighted by Crippen LogP contribution is -2.28. The lowest BCUT2D eigenvalue weighted by atomic mass is 9.94. The first-order chi connectivity index (χ1) is 13.1. The van der Waals surface area contributed by atoms with Crippen molar-refractivity contribution >= 4 is 11.9 Å². The molecule has 1 aliphatic rings. The van der Waals surface area contributed by atoms with Crippen LogP contribution < -0.4 is 0 Å². The summed E-state index contributed by atoms with van der Waals surface area (Å²) in [5, 5.41) is 0. The van der Waals surface area contributed by atoms with E-state index in [1.165, 1.54) is 0 Å². The molecule has 0 amide bonds. The van der Waals surface area contributed by atoms with Gasteiger partial charge in [0, 0.05) is 0 Å². The van der Waals surface area contributed by atoms with Crippen LogP contribution in [0.1, 0.15) is 39.3 Å². The Bertz CT molecular complexity index is 994. The normalized spacial score (nSPS) is 19.3. The summed E-state index contributed by atoms with van der Waals surface area (Å²) in [6.45, 7) is 1.74. The largest absolute Gasteiger partial charge is 0.455 e. The second-order valence-electron chi connectivity index (χ2n) is 6.44. The number of ether oxygens (including phenoxy) is 2. The van der Waals surface area contributed by atoms with Gasteiger partial charge in [-0.3, -0.25) is 0 Å². The van der Waals surface area contributed by atoms with E-state index in [4.69, 9.17) is 9.47 Å². The first-order valence-electron chi connectivity index (χ1n) is 8.80. The van der Waals surface area contributed by atoms with Crippen LogP contribution in [-0.2, 0) is 9.47 Å². The molecule has 1 heterocycles. The Morgan fingerprint density at radius 1 is 0.593 bits per heavy atom. The fourth-order valence-corrected chi connectivity index (χ4v) is 3.34. The van der Waals surface area contributed by atoms with Gasteiger partial charge in [0.15, 0.2) is 6.10 Å². The van der Waals surface area contributed by atoms with Gasteiger partial charge in [-0.25, -0.2) is 9.59 Å². The number of hydrogen-bond donors (Lipinski definition) is 0. The Balaban J connectivity index is 1.88. The van der Waals surface area contributed by atoms with Crippen molar-refractivity contribution in [2.45, 2.75) is 19.1 Å². The lowest BCUT2D eigenvalue weighted by molar-refractivity contribution is -0.0313. The van der Waals surface area contributed by atoms with Crippen molar-refractivity contribution < 1.29 is 19.1 Å². The van der Waals surface area contributed by atoms with Crippen molar-refractivity contribution in [2.75, 3.05) is 0 Å². The van der Waals surface area contributed by atoms with Gasteiger partial charge in [-0.15, -0.1) is 0 Å². The Kier molecular flexibility index (Phi) is 4.47. The summed E-state index contributed by atoms with van der Waals surface area (Å²) < 4.78 is 11.5. The van der Waals surface area contributed by atoms with Gasteiger partial charge in [-0.1, -0.05) is 66.7 Å². The van der Waals surface area contributed by atoms with Crippen LogP contribution in [0.15, 0.2) is 78.9 Å². The minimum atomic E-state index is -0.694. The summed E-state index contributed by atoms with van der Waals surface area (Å²) in [6.07, 6.45) is -1.33. The molecule has 0 radical (unpaired) electrons. The van der Waals surface area contributed by atoms with E-state index in [1.807, 2.05) is 54.6 Å². The second-order valence-corrected chi connectivity index (χ2v) is 6.44. The quantitative estimate of drug-likeness (QED) is 0.586. The van der Waals surface area contributed by atoms with E-state index in [-0.39, 0.29) is 0 Å². The molecule has 4 nitrogen and oxygen atoms in total. The third-order valence-corrected chi connectivity index (χ3v) is 4.67. The fraction of sp³-hybridized carbons (Fsp3) is 0.130. The summed E-state index contributed by atoms with van der Waals surface area (Å²) in [5.74, 6) is -0.883. The Labute approximate surface area is 157 Å². The highest BCUT2D eigenvalue weighted by Gasteiger charge is 2.31. The van der Waals surface area contributed by atoms with E-state index < -0.39 is 24.1 Å². The number of cyclic esters (lactones) is 2. The van der Waals surface area contributed by atoms with E-state index in [2.05, 4.69) is 0 Å². The van der Waals surface area contributed by atoms with Gasteiger partial charge in [0.2, 0.25) is 0 Å². The molecular weight excluding hydrogens is 340 g/mol. The maximum atomic E-state index is 13.0. The zero-order valence-electron chi connectivity index (χ0n) is 14.8. The number of rotatable bonds is 1. The summed E-state index contributed by atoms with van der Waals surface area (Å²) in [6, 6.07) is 23.6. The van der Waals surface area contributed by atoms with Crippen LogP contribution in [0, 0.1) is 0 Å². The van der Waals surface area contributed by atoms with Crippen LogP contribution in [-0.4, -0.2) is 18.0 Å². The standard InChI is InChI=1S/C23H18O4/c1-15-21(16-9-3-2-4-10-16)27-23(25)20-14-8-6-12-18(20)17-11-5-7-13-19(17)22(24)26-15/h2-15,21H,1H3/t15-,21+/m1/s1. The monoisotopic (exact) mass is 358 g/mol. The molecule has 0 aliphatic carbocycles. The van der Waals surface area contributed by atoms with Gasteiger partial charge in [-0.2, -0.15) is 0 Å². The second kappa shape index (κ2) is 7.08. The molecule has 4 rings (SSSR count). The molecule has 27 heavy (non-hydrogen) atoms. The molecule has 134 valence electrons. The minimum Gasteiger partial charge on any atom is -0.455 e. The topological polar surface area (TPSA) is 52.6 Å². The van der Waals surface area contributed by atoms with Gasteiger partial charge >= 0.3 is 11.9 Å². The molecule has 4 heteroatoms. The Morgan fingerprint density at radius 3 is 1.59 bits per heavy atom. The van der Waals surface area contributed by atoms with Crippen LogP contribution in [0.2, 0.25) is 0 Å². The SMILES string of the molecule is C[C@H]1OC(=O)c2ccccc2-c2ccccc2C(=O)O[C@@H]1c1ccccc1. The average Bonchev–Trinajstić information content (AvgIpc) is 2.71. The molecule has 0 bridgehead atoms. The van der Waals surface area contributed by atoms with E-state index >= 15 is 0 Å². The predicted octanol–water partition coefficient (Wildman–Crippen LogP) is 4.81. The number of fused-ring (bicyclic) bond motifs is 3. The maximum Gasteiger partial charge on any atom is 0.339 e. The summed E-state index contributed by atoms with van der Waals surface area (Å²) in [7, 11) is 0. The first kappa shape index (κ1) is 17.0. The molecule has 0 saturated carbocycles. The smallest absolute Gasteiger partial charge is 0.339 e. The number of hydrogen-bond acceptors (Lipinski definition) is 4. The Morgan fingerprint density at radius 2 is 1.04 bits per heavy atom.